The van der Waals surface area contributed by atoms with Crippen LogP contribution in [0.3, 0.4) is 0 Å². The second kappa shape index (κ2) is 8.57. The van der Waals surface area contributed by atoms with Crippen LogP contribution in [0.25, 0.3) is 5.82 Å². The maximum atomic E-state index is 12.0. The number of aryl methyl sites for hydroxylation is 3. The highest BCUT2D eigenvalue weighted by Crippen LogP contribution is 2.17. The molecule has 0 unspecified atom stereocenters. The van der Waals surface area contributed by atoms with Crippen molar-refractivity contribution in [3.05, 3.63) is 52.2 Å². The molecular weight excluding hydrogens is 348 g/mol. The van der Waals surface area contributed by atoms with Crippen LogP contribution < -0.4 is 10.6 Å². The number of thiophene rings is 1. The van der Waals surface area contributed by atoms with Crippen LogP contribution in [-0.2, 0) is 11.2 Å². The minimum Gasteiger partial charge on any atom is -0.368 e. The third-order valence-corrected chi connectivity index (χ3v) is 4.95. The molecule has 0 aliphatic rings. The molecule has 3 aromatic heterocycles. The number of hydrogen-bond donors (Lipinski definition) is 2. The van der Waals surface area contributed by atoms with Crippen molar-refractivity contribution in [2.75, 3.05) is 18.4 Å². The average Bonchev–Trinajstić information content (AvgIpc) is 3.28. The summed E-state index contributed by atoms with van der Waals surface area (Å²) in [5, 5.41) is 12.4. The molecule has 0 saturated heterocycles. The van der Waals surface area contributed by atoms with Crippen molar-refractivity contribution in [2.24, 2.45) is 0 Å². The van der Waals surface area contributed by atoms with Crippen LogP contribution in [0.2, 0.25) is 0 Å². The van der Waals surface area contributed by atoms with E-state index in [9.17, 15) is 4.79 Å². The lowest BCUT2D eigenvalue weighted by atomic mass is 10.2. The lowest BCUT2D eigenvalue weighted by Crippen LogP contribution is -2.29. The van der Waals surface area contributed by atoms with E-state index in [1.807, 2.05) is 25.3 Å². The number of hydrogen-bond acceptors (Lipinski definition) is 6. The van der Waals surface area contributed by atoms with Crippen molar-refractivity contribution in [1.29, 1.82) is 0 Å². The van der Waals surface area contributed by atoms with Gasteiger partial charge in [-0.05, 0) is 43.3 Å². The Labute approximate surface area is 156 Å². The quantitative estimate of drug-likeness (QED) is 0.595. The predicted octanol–water partition coefficient (Wildman–Crippen LogP) is 2.50. The van der Waals surface area contributed by atoms with Gasteiger partial charge in [0.15, 0.2) is 5.82 Å². The summed E-state index contributed by atoms with van der Waals surface area (Å²) < 4.78 is 1.69. The Balaban J connectivity index is 1.43. The minimum absolute atomic E-state index is 0.0655. The van der Waals surface area contributed by atoms with E-state index in [4.69, 9.17) is 0 Å². The highest BCUT2D eigenvalue weighted by Gasteiger charge is 2.06. The number of carbonyl (C=O) groups excluding carboxylic acids is 1. The molecule has 1 amide bonds. The standard InChI is InChI=1S/C18H22N6OS/c1-13-6-11-26-15(13)4-5-18(25)20-9-8-19-16-12-17(23-14(2)22-16)24-10-3-7-21-24/h3,6-7,10-12H,4-5,8-9H2,1-2H3,(H,20,25)(H,19,22,23). The molecule has 2 N–H and O–H groups in total. The first-order valence-electron chi connectivity index (χ1n) is 8.51. The number of nitrogens with one attached hydrogen (secondary N) is 2. The Morgan fingerprint density at radius 1 is 1.27 bits per heavy atom. The maximum Gasteiger partial charge on any atom is 0.220 e. The topological polar surface area (TPSA) is 84.7 Å². The molecule has 0 aromatic carbocycles. The highest BCUT2D eigenvalue weighted by molar-refractivity contribution is 7.10. The van der Waals surface area contributed by atoms with E-state index in [0.29, 0.717) is 37.0 Å². The van der Waals surface area contributed by atoms with Gasteiger partial charge >= 0.3 is 0 Å². The molecule has 3 aromatic rings. The number of amides is 1. The highest BCUT2D eigenvalue weighted by atomic mass is 32.1. The largest absolute Gasteiger partial charge is 0.368 e. The van der Waals surface area contributed by atoms with Gasteiger partial charge in [-0.25, -0.2) is 14.6 Å². The first-order valence-corrected chi connectivity index (χ1v) is 9.39. The fraction of sp³-hybridized carbons (Fsp3) is 0.333. The van der Waals surface area contributed by atoms with Crippen LogP contribution >= 0.6 is 11.3 Å². The van der Waals surface area contributed by atoms with E-state index in [2.05, 4.69) is 44.1 Å². The maximum absolute atomic E-state index is 12.0. The SMILES string of the molecule is Cc1nc(NCCNC(=O)CCc2sccc2C)cc(-n2cccn2)n1. The Hall–Kier alpha value is -2.74. The summed E-state index contributed by atoms with van der Waals surface area (Å²) in [5.74, 6) is 2.15. The molecule has 3 rings (SSSR count). The Morgan fingerprint density at radius 3 is 2.88 bits per heavy atom. The smallest absolute Gasteiger partial charge is 0.220 e. The van der Waals surface area contributed by atoms with E-state index in [-0.39, 0.29) is 5.91 Å². The van der Waals surface area contributed by atoms with Gasteiger partial charge in [-0.15, -0.1) is 11.3 Å². The zero-order valence-electron chi connectivity index (χ0n) is 14.9. The predicted molar refractivity (Wildman–Crippen MR) is 103 cm³/mol. The minimum atomic E-state index is 0.0655. The molecule has 0 spiro atoms. The molecule has 0 aliphatic carbocycles. The van der Waals surface area contributed by atoms with Crippen LogP contribution in [0.5, 0.6) is 0 Å². The normalized spacial score (nSPS) is 10.7. The van der Waals surface area contributed by atoms with Crippen LogP contribution in [0.15, 0.2) is 36.0 Å². The molecule has 8 heteroatoms. The summed E-state index contributed by atoms with van der Waals surface area (Å²) in [6.45, 7) is 5.06. The first-order chi connectivity index (χ1) is 12.6. The van der Waals surface area contributed by atoms with Gasteiger partial charge < -0.3 is 10.6 Å². The zero-order chi connectivity index (χ0) is 18.4. The molecular formula is C18H22N6OS. The molecule has 136 valence electrons. The zero-order valence-corrected chi connectivity index (χ0v) is 15.7. The van der Waals surface area contributed by atoms with Crippen molar-refractivity contribution in [1.82, 2.24) is 25.1 Å². The second-order valence-electron chi connectivity index (χ2n) is 5.91. The van der Waals surface area contributed by atoms with E-state index >= 15 is 0 Å². The third-order valence-electron chi connectivity index (χ3n) is 3.86. The molecule has 7 nitrogen and oxygen atoms in total. The summed E-state index contributed by atoms with van der Waals surface area (Å²) in [7, 11) is 0. The summed E-state index contributed by atoms with van der Waals surface area (Å²) in [4.78, 5) is 22.0. The number of aromatic nitrogens is 4. The molecule has 0 radical (unpaired) electrons. The fourth-order valence-corrected chi connectivity index (χ4v) is 3.44. The third kappa shape index (κ3) is 4.89. The monoisotopic (exact) mass is 370 g/mol. The van der Waals surface area contributed by atoms with Gasteiger partial charge in [-0.2, -0.15) is 5.10 Å². The van der Waals surface area contributed by atoms with Gasteiger partial charge in [0.1, 0.15) is 11.6 Å². The number of nitrogens with zero attached hydrogens (tertiary/aromatic N) is 4. The van der Waals surface area contributed by atoms with Crippen LogP contribution in [0.1, 0.15) is 22.7 Å². The first kappa shape index (κ1) is 18.1. The van der Waals surface area contributed by atoms with E-state index < -0.39 is 0 Å². The lowest BCUT2D eigenvalue weighted by molar-refractivity contribution is -0.120. The number of rotatable bonds is 8. The molecule has 0 aliphatic heterocycles. The molecule has 26 heavy (non-hydrogen) atoms. The molecule has 0 atom stereocenters. The van der Waals surface area contributed by atoms with Crippen molar-refractivity contribution in [3.8, 4) is 5.82 Å². The molecule has 0 bridgehead atoms. The van der Waals surface area contributed by atoms with Gasteiger partial charge in [0.25, 0.3) is 0 Å². The lowest BCUT2D eigenvalue weighted by Gasteiger charge is -2.09. The van der Waals surface area contributed by atoms with Crippen LogP contribution in [-0.4, -0.2) is 38.7 Å². The Kier molecular flexibility index (Phi) is 5.96. The van der Waals surface area contributed by atoms with Gasteiger partial charge in [-0.1, -0.05) is 0 Å². The average molecular weight is 370 g/mol. The van der Waals surface area contributed by atoms with Crippen molar-refractivity contribution in [3.63, 3.8) is 0 Å². The van der Waals surface area contributed by atoms with Gasteiger partial charge in [-0.3, -0.25) is 4.79 Å². The molecule has 0 fully saturated rings. The van der Waals surface area contributed by atoms with E-state index in [0.717, 1.165) is 6.42 Å². The van der Waals surface area contributed by atoms with E-state index in [1.165, 1.54) is 10.4 Å². The summed E-state index contributed by atoms with van der Waals surface area (Å²) in [5.41, 5.74) is 1.26. The van der Waals surface area contributed by atoms with Gasteiger partial charge in [0.2, 0.25) is 5.91 Å². The van der Waals surface area contributed by atoms with Crippen molar-refractivity contribution in [2.45, 2.75) is 26.7 Å². The van der Waals surface area contributed by atoms with E-state index in [1.54, 1.807) is 22.2 Å². The van der Waals surface area contributed by atoms with Crippen LogP contribution in [0.4, 0.5) is 5.82 Å². The van der Waals surface area contributed by atoms with Crippen molar-refractivity contribution < 1.29 is 4.79 Å². The number of carbonyl (C=O) groups is 1. The van der Waals surface area contributed by atoms with Gasteiger partial charge in [0.05, 0.1) is 0 Å². The van der Waals surface area contributed by atoms with Gasteiger partial charge in [0, 0.05) is 42.8 Å². The molecule has 0 saturated carbocycles. The summed E-state index contributed by atoms with van der Waals surface area (Å²) in [6.07, 6.45) is 4.84. The fourth-order valence-electron chi connectivity index (χ4n) is 2.53. The summed E-state index contributed by atoms with van der Waals surface area (Å²) in [6, 6.07) is 5.77. The molecule has 3 heterocycles. The van der Waals surface area contributed by atoms with Crippen molar-refractivity contribution >= 4 is 23.1 Å². The second-order valence-corrected chi connectivity index (χ2v) is 6.91. The summed E-state index contributed by atoms with van der Waals surface area (Å²) >= 11 is 1.70. The Morgan fingerprint density at radius 2 is 2.15 bits per heavy atom. The van der Waals surface area contributed by atoms with Crippen LogP contribution in [0, 0.1) is 13.8 Å². The number of anilines is 1. The Bertz CT molecular complexity index is 858.